The Bertz CT molecular complexity index is 917. The summed E-state index contributed by atoms with van der Waals surface area (Å²) in [4.78, 5) is 37.7. The highest BCUT2D eigenvalue weighted by atomic mass is 35.5. The molecule has 9 heteroatoms. The first-order valence-electron chi connectivity index (χ1n) is 9.19. The minimum absolute atomic E-state index is 0.0340. The molecule has 160 valence electrons. The van der Waals surface area contributed by atoms with Crippen LogP contribution in [0, 0.1) is 0 Å². The van der Waals surface area contributed by atoms with Crippen LogP contribution in [-0.2, 0) is 9.59 Å². The van der Waals surface area contributed by atoms with E-state index in [9.17, 15) is 14.4 Å². The summed E-state index contributed by atoms with van der Waals surface area (Å²) < 4.78 is 5.53. The van der Waals surface area contributed by atoms with E-state index in [2.05, 4.69) is 10.6 Å². The zero-order chi connectivity index (χ0) is 22.3. The third-order valence-electron chi connectivity index (χ3n) is 3.90. The Morgan fingerprint density at radius 3 is 2.30 bits per heavy atom. The second kappa shape index (κ2) is 10.8. The molecule has 7 nitrogen and oxygen atoms in total. The van der Waals surface area contributed by atoms with E-state index in [1.165, 1.54) is 18.0 Å². The molecule has 2 N–H and O–H groups in total. The van der Waals surface area contributed by atoms with Crippen molar-refractivity contribution >= 4 is 46.6 Å². The van der Waals surface area contributed by atoms with Gasteiger partial charge >= 0.3 is 0 Å². The fourth-order valence-electron chi connectivity index (χ4n) is 2.43. The second-order valence-corrected chi connectivity index (χ2v) is 7.61. The van der Waals surface area contributed by atoms with Gasteiger partial charge in [0.25, 0.3) is 5.91 Å². The summed E-state index contributed by atoms with van der Waals surface area (Å²) >= 11 is 11.7. The number of hydrogen-bond donors (Lipinski definition) is 2. The molecule has 30 heavy (non-hydrogen) atoms. The predicted molar refractivity (Wildman–Crippen MR) is 117 cm³/mol. The first-order chi connectivity index (χ1) is 14.2. The van der Waals surface area contributed by atoms with Crippen molar-refractivity contribution in [3.63, 3.8) is 0 Å². The van der Waals surface area contributed by atoms with Crippen LogP contribution in [0.3, 0.4) is 0 Å². The highest BCUT2D eigenvalue weighted by Crippen LogP contribution is 2.24. The van der Waals surface area contributed by atoms with Gasteiger partial charge in [-0.1, -0.05) is 23.2 Å². The predicted octanol–water partition coefficient (Wildman–Crippen LogP) is 3.61. The molecule has 2 aromatic rings. The minimum atomic E-state index is -0.410. The lowest BCUT2D eigenvalue weighted by atomic mass is 10.2. The van der Waals surface area contributed by atoms with Gasteiger partial charge in [-0.25, -0.2) is 0 Å². The Balaban J connectivity index is 1.81. The lowest BCUT2D eigenvalue weighted by molar-refractivity contribution is -0.132. The fraction of sp³-hybridized carbons (Fsp3) is 0.286. The lowest BCUT2D eigenvalue weighted by Gasteiger charge is -2.17. The zero-order valence-corrected chi connectivity index (χ0v) is 18.4. The van der Waals surface area contributed by atoms with E-state index in [4.69, 9.17) is 27.9 Å². The van der Waals surface area contributed by atoms with E-state index in [0.29, 0.717) is 27.0 Å². The number of ether oxygens (including phenoxy) is 1. The molecule has 0 saturated carbocycles. The van der Waals surface area contributed by atoms with Gasteiger partial charge in [0.05, 0.1) is 29.2 Å². The zero-order valence-electron chi connectivity index (χ0n) is 16.9. The second-order valence-electron chi connectivity index (χ2n) is 6.80. The van der Waals surface area contributed by atoms with Crippen LogP contribution in [0.4, 0.5) is 5.69 Å². The largest absolute Gasteiger partial charge is 0.491 e. The molecule has 0 aliphatic carbocycles. The van der Waals surface area contributed by atoms with Gasteiger partial charge < -0.3 is 20.3 Å². The lowest BCUT2D eigenvalue weighted by Crippen LogP contribution is -2.41. The number of amides is 3. The number of hydrogen-bond acceptors (Lipinski definition) is 4. The van der Waals surface area contributed by atoms with Crippen molar-refractivity contribution in [3.05, 3.63) is 58.1 Å². The summed E-state index contributed by atoms with van der Waals surface area (Å²) in [6.07, 6.45) is 0.0340. The number of nitrogens with zero attached hydrogens (tertiary/aromatic N) is 1. The summed E-state index contributed by atoms with van der Waals surface area (Å²) in [6, 6.07) is 11.3. The number of benzene rings is 2. The van der Waals surface area contributed by atoms with Crippen LogP contribution >= 0.6 is 23.2 Å². The number of carbonyl (C=O) groups is 3. The molecule has 0 atom stereocenters. The molecule has 2 aromatic carbocycles. The molecule has 0 heterocycles. The summed E-state index contributed by atoms with van der Waals surface area (Å²) in [5.74, 6) is -0.554. The molecular formula is C21H23Cl2N3O4. The third-order valence-corrected chi connectivity index (χ3v) is 4.64. The molecule has 0 aromatic heterocycles. The molecule has 0 unspecified atom stereocenters. The summed E-state index contributed by atoms with van der Waals surface area (Å²) in [6.45, 7) is 3.40. The number of carbonyl (C=O) groups excluding carboxylic acids is 3. The van der Waals surface area contributed by atoms with Gasteiger partial charge in [-0.15, -0.1) is 0 Å². The molecule has 0 saturated heterocycles. The maximum absolute atomic E-state index is 12.2. The van der Waals surface area contributed by atoms with Crippen molar-refractivity contribution in [2.45, 2.75) is 20.0 Å². The maximum atomic E-state index is 12.2. The first kappa shape index (κ1) is 23.5. The molecular weight excluding hydrogens is 429 g/mol. The number of halogens is 2. The number of nitrogens with one attached hydrogen (secondary N) is 2. The van der Waals surface area contributed by atoms with Gasteiger partial charge in [0.2, 0.25) is 11.8 Å². The topological polar surface area (TPSA) is 87.7 Å². The van der Waals surface area contributed by atoms with Crippen molar-refractivity contribution in [1.29, 1.82) is 0 Å². The SMILES string of the molecule is CC(C)Oc1ccc(C(=O)NCC(=O)N(C)CC(=O)Nc2ccc(Cl)c(Cl)c2)cc1. The Morgan fingerprint density at radius 1 is 1.03 bits per heavy atom. The molecule has 0 aliphatic rings. The Morgan fingerprint density at radius 2 is 1.70 bits per heavy atom. The normalized spacial score (nSPS) is 10.5. The molecule has 0 bridgehead atoms. The van der Waals surface area contributed by atoms with Crippen LogP contribution < -0.4 is 15.4 Å². The Labute approximate surface area is 185 Å². The van der Waals surface area contributed by atoms with Crippen LogP contribution in [0.15, 0.2) is 42.5 Å². The van der Waals surface area contributed by atoms with Crippen molar-refractivity contribution in [2.24, 2.45) is 0 Å². The molecule has 0 radical (unpaired) electrons. The first-order valence-corrected chi connectivity index (χ1v) is 9.95. The van der Waals surface area contributed by atoms with Crippen LogP contribution in [-0.4, -0.2) is 48.9 Å². The van der Waals surface area contributed by atoms with E-state index in [0.717, 1.165) is 0 Å². The maximum Gasteiger partial charge on any atom is 0.251 e. The van der Waals surface area contributed by atoms with Crippen LogP contribution in [0.1, 0.15) is 24.2 Å². The molecule has 0 aliphatic heterocycles. The Kier molecular flexibility index (Phi) is 8.50. The number of anilines is 1. The minimum Gasteiger partial charge on any atom is -0.491 e. The molecule has 3 amide bonds. The quantitative estimate of drug-likeness (QED) is 0.641. The summed E-state index contributed by atoms with van der Waals surface area (Å²) in [7, 11) is 1.47. The van der Waals surface area contributed by atoms with Gasteiger partial charge in [-0.2, -0.15) is 0 Å². The smallest absolute Gasteiger partial charge is 0.251 e. The van der Waals surface area contributed by atoms with E-state index < -0.39 is 17.7 Å². The van der Waals surface area contributed by atoms with Crippen molar-refractivity contribution in [2.75, 3.05) is 25.5 Å². The van der Waals surface area contributed by atoms with Gasteiger partial charge in [-0.3, -0.25) is 14.4 Å². The van der Waals surface area contributed by atoms with Crippen molar-refractivity contribution in [3.8, 4) is 5.75 Å². The van der Waals surface area contributed by atoms with Gasteiger partial charge in [0, 0.05) is 18.3 Å². The molecule has 0 spiro atoms. The van der Waals surface area contributed by atoms with Crippen LogP contribution in [0.2, 0.25) is 10.0 Å². The van der Waals surface area contributed by atoms with E-state index in [1.54, 1.807) is 36.4 Å². The standard InChI is InChI=1S/C21H23Cl2N3O4/c1-13(2)30-16-7-4-14(5-8-16)21(29)24-11-20(28)26(3)12-19(27)25-15-6-9-17(22)18(23)10-15/h4-10,13H,11-12H2,1-3H3,(H,24,29)(H,25,27). The fourth-order valence-corrected chi connectivity index (χ4v) is 2.73. The monoisotopic (exact) mass is 451 g/mol. The van der Waals surface area contributed by atoms with Gasteiger partial charge in [0.1, 0.15) is 5.75 Å². The summed E-state index contributed by atoms with van der Waals surface area (Å²) in [5.41, 5.74) is 0.868. The van der Waals surface area contributed by atoms with E-state index in [-0.39, 0.29) is 19.2 Å². The molecule has 2 rings (SSSR count). The van der Waals surface area contributed by atoms with Crippen LogP contribution in [0.25, 0.3) is 0 Å². The van der Waals surface area contributed by atoms with E-state index in [1.807, 2.05) is 13.8 Å². The van der Waals surface area contributed by atoms with Crippen LogP contribution in [0.5, 0.6) is 5.75 Å². The van der Waals surface area contributed by atoms with Gasteiger partial charge in [-0.05, 0) is 56.3 Å². The number of likely N-dealkylation sites (N-methyl/N-ethyl adjacent to an activating group) is 1. The number of rotatable bonds is 8. The Hall–Kier alpha value is -2.77. The van der Waals surface area contributed by atoms with Crippen molar-refractivity contribution < 1.29 is 19.1 Å². The van der Waals surface area contributed by atoms with E-state index >= 15 is 0 Å². The van der Waals surface area contributed by atoms with Gasteiger partial charge in [0.15, 0.2) is 0 Å². The summed E-state index contributed by atoms with van der Waals surface area (Å²) in [5, 5.41) is 5.86. The highest BCUT2D eigenvalue weighted by Gasteiger charge is 2.15. The third kappa shape index (κ3) is 7.24. The molecule has 0 fully saturated rings. The average Bonchev–Trinajstić information content (AvgIpc) is 2.68. The van der Waals surface area contributed by atoms with Crippen molar-refractivity contribution in [1.82, 2.24) is 10.2 Å². The highest BCUT2D eigenvalue weighted by molar-refractivity contribution is 6.42. The average molecular weight is 452 g/mol.